The van der Waals surface area contributed by atoms with Crippen LogP contribution in [-0.2, 0) is 9.59 Å². The highest BCUT2D eigenvalue weighted by atomic mass is 16.5. The third kappa shape index (κ3) is 4.30. The van der Waals surface area contributed by atoms with Crippen molar-refractivity contribution in [3.63, 3.8) is 0 Å². The lowest BCUT2D eigenvalue weighted by molar-refractivity contribution is -0.132. The second-order valence-electron chi connectivity index (χ2n) is 8.90. The van der Waals surface area contributed by atoms with Gasteiger partial charge in [0.15, 0.2) is 11.5 Å². The molecule has 2 aromatic heterocycles. The van der Waals surface area contributed by atoms with Gasteiger partial charge in [0.25, 0.3) is 5.78 Å². The van der Waals surface area contributed by atoms with Gasteiger partial charge in [0, 0.05) is 23.9 Å². The van der Waals surface area contributed by atoms with Gasteiger partial charge >= 0.3 is 5.91 Å². The Morgan fingerprint density at radius 3 is 2.37 bits per heavy atom. The number of methoxy groups -OCH3 is 2. The van der Waals surface area contributed by atoms with Crippen LogP contribution in [0.25, 0.3) is 16.8 Å². The number of anilines is 1. The zero-order chi connectivity index (χ0) is 27.0. The predicted octanol–water partition coefficient (Wildman–Crippen LogP) is 4.39. The lowest BCUT2D eigenvalue weighted by Gasteiger charge is -2.22. The van der Waals surface area contributed by atoms with E-state index in [-0.39, 0.29) is 23.4 Å². The fourth-order valence-electron chi connectivity index (χ4n) is 4.43. The van der Waals surface area contributed by atoms with Crippen molar-refractivity contribution in [2.24, 2.45) is 0 Å². The number of aliphatic hydroxyl groups is 1. The van der Waals surface area contributed by atoms with Gasteiger partial charge in [-0.2, -0.15) is 0 Å². The van der Waals surface area contributed by atoms with E-state index < -0.39 is 17.7 Å². The molecule has 4 aromatic rings. The second-order valence-corrected chi connectivity index (χ2v) is 8.90. The minimum absolute atomic E-state index is 0.0207. The molecule has 1 atom stereocenters. The highest BCUT2D eigenvalue weighted by molar-refractivity contribution is 6.51. The Morgan fingerprint density at radius 1 is 1.03 bits per heavy atom. The molecule has 38 heavy (non-hydrogen) atoms. The number of rotatable bonds is 7. The molecule has 1 aliphatic heterocycles. The largest absolute Gasteiger partial charge is 0.507 e. The summed E-state index contributed by atoms with van der Waals surface area (Å²) in [6.45, 7) is 3.82. The summed E-state index contributed by atoms with van der Waals surface area (Å²) in [5, 5.41) is 11.3. The summed E-state index contributed by atoms with van der Waals surface area (Å²) in [5.41, 5.74) is 1.73. The maximum Gasteiger partial charge on any atom is 0.302 e. The minimum Gasteiger partial charge on any atom is -0.507 e. The van der Waals surface area contributed by atoms with Crippen molar-refractivity contribution in [1.82, 2.24) is 15.0 Å². The van der Waals surface area contributed by atoms with Gasteiger partial charge in [-0.05, 0) is 50.2 Å². The lowest BCUT2D eigenvalue weighted by atomic mass is 9.98. The third-order valence-corrected chi connectivity index (χ3v) is 6.11. The van der Waals surface area contributed by atoms with E-state index in [0.29, 0.717) is 39.5 Å². The number of carbonyl (C=O) groups is 2. The molecule has 194 valence electrons. The van der Waals surface area contributed by atoms with E-state index in [0.717, 1.165) is 0 Å². The van der Waals surface area contributed by atoms with Crippen molar-refractivity contribution >= 4 is 34.4 Å². The molecule has 3 heterocycles. The molecular weight excluding hydrogens is 488 g/mol. The van der Waals surface area contributed by atoms with Crippen molar-refractivity contribution in [3.8, 4) is 17.2 Å². The fourth-order valence-corrected chi connectivity index (χ4v) is 4.43. The van der Waals surface area contributed by atoms with Crippen LogP contribution < -0.4 is 19.1 Å². The number of aromatic amines is 1. The monoisotopic (exact) mass is 514 g/mol. The highest BCUT2D eigenvalue weighted by Gasteiger charge is 2.48. The molecule has 1 aliphatic rings. The van der Waals surface area contributed by atoms with Crippen LogP contribution in [0.4, 0.5) is 5.95 Å². The summed E-state index contributed by atoms with van der Waals surface area (Å²) in [6, 6.07) is 14.2. The van der Waals surface area contributed by atoms with Crippen LogP contribution in [0.15, 0.2) is 66.4 Å². The molecule has 10 heteroatoms. The van der Waals surface area contributed by atoms with Gasteiger partial charge in [-0.3, -0.25) is 19.5 Å². The zero-order valence-corrected chi connectivity index (χ0v) is 21.3. The number of ether oxygens (including phenoxy) is 3. The molecule has 2 N–H and O–H groups in total. The molecule has 1 amide bonds. The number of imidazole rings is 1. The van der Waals surface area contributed by atoms with Crippen molar-refractivity contribution in [2.45, 2.75) is 26.0 Å². The number of H-pyrrole nitrogens is 1. The topological polar surface area (TPSA) is 127 Å². The number of ketones is 1. The van der Waals surface area contributed by atoms with Crippen LogP contribution >= 0.6 is 0 Å². The molecule has 0 aliphatic carbocycles. The van der Waals surface area contributed by atoms with Crippen molar-refractivity contribution in [2.75, 3.05) is 19.1 Å². The highest BCUT2D eigenvalue weighted by Crippen LogP contribution is 2.42. The van der Waals surface area contributed by atoms with Gasteiger partial charge in [0.2, 0.25) is 5.95 Å². The SMILES string of the molecule is COc1cc2nc(N3C(=O)C(=O)/C(=C(/O)c4ccc(OC(C)C)cc4)C3c3ccccn3)[nH]c2cc1OC. The van der Waals surface area contributed by atoms with Gasteiger partial charge in [0.05, 0.1) is 42.6 Å². The zero-order valence-electron chi connectivity index (χ0n) is 21.3. The number of aromatic nitrogens is 3. The van der Waals surface area contributed by atoms with Crippen molar-refractivity contribution in [3.05, 3.63) is 77.6 Å². The van der Waals surface area contributed by atoms with E-state index in [1.807, 2.05) is 13.8 Å². The first kappa shape index (κ1) is 24.8. The lowest BCUT2D eigenvalue weighted by Crippen LogP contribution is -2.30. The molecule has 0 saturated carbocycles. The Bertz CT molecular complexity index is 1500. The molecule has 0 spiro atoms. The number of hydrogen-bond acceptors (Lipinski definition) is 8. The Kier molecular flexibility index (Phi) is 6.46. The maximum absolute atomic E-state index is 13.4. The van der Waals surface area contributed by atoms with Gasteiger partial charge < -0.3 is 24.3 Å². The van der Waals surface area contributed by atoms with Crippen LogP contribution in [-0.4, -0.2) is 52.1 Å². The number of pyridine rings is 1. The number of fused-ring (bicyclic) bond motifs is 1. The molecule has 10 nitrogen and oxygen atoms in total. The number of carbonyl (C=O) groups excluding carboxylic acids is 2. The number of nitrogens with one attached hydrogen (secondary N) is 1. The maximum atomic E-state index is 13.4. The van der Waals surface area contributed by atoms with Gasteiger partial charge in [0.1, 0.15) is 17.6 Å². The van der Waals surface area contributed by atoms with Crippen LogP contribution in [0.2, 0.25) is 0 Å². The normalized spacial score (nSPS) is 16.9. The van der Waals surface area contributed by atoms with E-state index in [1.54, 1.807) is 60.8 Å². The fraction of sp³-hybridized carbons (Fsp3) is 0.214. The summed E-state index contributed by atoms with van der Waals surface area (Å²) in [5.74, 6) is -0.345. The van der Waals surface area contributed by atoms with E-state index in [1.165, 1.54) is 19.1 Å². The Hall–Kier alpha value is -4.86. The number of hydrogen-bond donors (Lipinski definition) is 2. The molecule has 1 unspecified atom stereocenters. The Balaban J connectivity index is 1.65. The standard InChI is InChI=1S/C28H26N4O6/c1-15(2)38-17-10-8-16(9-11-17)25(33)23-24(18-7-5-6-12-29-18)32(27(35)26(23)34)28-30-19-13-21(36-3)22(37-4)14-20(19)31-28/h5-15,24,33H,1-4H3,(H,30,31)/b25-23+. The van der Waals surface area contributed by atoms with Crippen LogP contribution in [0.3, 0.4) is 0 Å². The number of Topliss-reactive ketones (excluding diaryl/α,β-unsaturated/α-hetero) is 1. The minimum atomic E-state index is -1.02. The number of aliphatic hydroxyl groups excluding tert-OH is 1. The van der Waals surface area contributed by atoms with E-state index >= 15 is 0 Å². The van der Waals surface area contributed by atoms with Gasteiger partial charge in [-0.15, -0.1) is 0 Å². The summed E-state index contributed by atoms with van der Waals surface area (Å²) < 4.78 is 16.4. The summed E-state index contributed by atoms with van der Waals surface area (Å²) in [4.78, 5) is 40.0. The number of amides is 1. The molecule has 0 radical (unpaired) electrons. The molecule has 5 rings (SSSR count). The second kappa shape index (κ2) is 9.89. The first-order valence-electron chi connectivity index (χ1n) is 11.9. The number of nitrogens with zero attached hydrogens (tertiary/aromatic N) is 3. The quantitative estimate of drug-likeness (QED) is 0.211. The molecule has 0 bridgehead atoms. The van der Waals surface area contributed by atoms with Crippen LogP contribution in [0.1, 0.15) is 31.1 Å². The first-order valence-corrected chi connectivity index (χ1v) is 11.9. The average Bonchev–Trinajstić information content (AvgIpc) is 3.45. The van der Waals surface area contributed by atoms with Crippen LogP contribution in [0.5, 0.6) is 17.2 Å². The molecular formula is C28H26N4O6. The Morgan fingerprint density at radius 2 is 1.74 bits per heavy atom. The first-order chi connectivity index (χ1) is 18.3. The summed E-state index contributed by atoms with van der Waals surface area (Å²) >= 11 is 0. The molecule has 2 aromatic carbocycles. The van der Waals surface area contributed by atoms with E-state index in [9.17, 15) is 14.7 Å². The molecule has 1 saturated heterocycles. The summed E-state index contributed by atoms with van der Waals surface area (Å²) in [7, 11) is 3.03. The van der Waals surface area contributed by atoms with Gasteiger partial charge in [-0.25, -0.2) is 4.98 Å². The smallest absolute Gasteiger partial charge is 0.302 e. The summed E-state index contributed by atoms with van der Waals surface area (Å²) in [6.07, 6.45) is 1.54. The Labute approximate surface area is 218 Å². The predicted molar refractivity (Wildman–Crippen MR) is 140 cm³/mol. The average molecular weight is 515 g/mol. The third-order valence-electron chi connectivity index (χ3n) is 6.11. The number of benzene rings is 2. The van der Waals surface area contributed by atoms with Crippen LogP contribution in [0, 0.1) is 0 Å². The van der Waals surface area contributed by atoms with E-state index in [4.69, 9.17) is 14.2 Å². The van der Waals surface area contributed by atoms with Gasteiger partial charge in [-0.1, -0.05) is 6.07 Å². The van der Waals surface area contributed by atoms with Crippen molar-refractivity contribution < 1.29 is 28.9 Å². The molecule has 1 fully saturated rings. The van der Waals surface area contributed by atoms with Crippen molar-refractivity contribution in [1.29, 1.82) is 0 Å². The van der Waals surface area contributed by atoms with E-state index in [2.05, 4.69) is 15.0 Å².